The van der Waals surface area contributed by atoms with Crippen molar-refractivity contribution in [2.45, 2.75) is 25.7 Å². The van der Waals surface area contributed by atoms with E-state index in [-0.39, 0.29) is 5.91 Å². The van der Waals surface area contributed by atoms with Crippen LogP contribution in [0.5, 0.6) is 0 Å². The summed E-state index contributed by atoms with van der Waals surface area (Å²) in [4.78, 5) is 13.3. The number of piperidine rings is 1. The third-order valence-electron chi connectivity index (χ3n) is 3.98. The molecule has 3 nitrogen and oxygen atoms in total. The lowest BCUT2D eigenvalue weighted by Crippen LogP contribution is -2.34. The van der Waals surface area contributed by atoms with E-state index in [1.54, 1.807) is 0 Å². The van der Waals surface area contributed by atoms with Crippen molar-refractivity contribution < 1.29 is 4.79 Å². The van der Waals surface area contributed by atoms with Crippen molar-refractivity contribution in [3.05, 3.63) is 42.0 Å². The molecule has 0 radical (unpaired) electrons. The van der Waals surface area contributed by atoms with Gasteiger partial charge >= 0.3 is 0 Å². The number of nitrogens with two attached hydrogens (primary N) is 1. The van der Waals surface area contributed by atoms with Crippen LogP contribution in [0.1, 0.15) is 31.2 Å². The van der Waals surface area contributed by atoms with Gasteiger partial charge in [0, 0.05) is 13.0 Å². The van der Waals surface area contributed by atoms with E-state index in [9.17, 15) is 4.79 Å². The minimum absolute atomic E-state index is 0.168. The van der Waals surface area contributed by atoms with Crippen LogP contribution < -0.4 is 5.73 Å². The van der Waals surface area contributed by atoms with E-state index in [2.05, 4.69) is 41.3 Å². The molecule has 0 atom stereocenters. The Bertz CT molecular complexity index is 434. The first-order valence-corrected chi connectivity index (χ1v) is 7.46. The molecule has 2 N–H and O–H groups in total. The molecule has 1 aliphatic heterocycles. The fourth-order valence-corrected chi connectivity index (χ4v) is 2.71. The van der Waals surface area contributed by atoms with Gasteiger partial charge in [0.1, 0.15) is 0 Å². The lowest BCUT2D eigenvalue weighted by molar-refractivity contribution is -0.118. The van der Waals surface area contributed by atoms with Crippen LogP contribution in [-0.2, 0) is 4.79 Å². The molecule has 1 amide bonds. The van der Waals surface area contributed by atoms with E-state index in [1.807, 2.05) is 6.07 Å². The van der Waals surface area contributed by atoms with Gasteiger partial charge in [-0.3, -0.25) is 9.69 Å². The average molecular weight is 272 g/mol. The van der Waals surface area contributed by atoms with Crippen molar-refractivity contribution in [1.82, 2.24) is 4.90 Å². The van der Waals surface area contributed by atoms with Crippen molar-refractivity contribution in [1.29, 1.82) is 0 Å². The zero-order chi connectivity index (χ0) is 14.2. The zero-order valence-corrected chi connectivity index (χ0v) is 12.0. The summed E-state index contributed by atoms with van der Waals surface area (Å²) in [5, 5.41) is 0. The van der Waals surface area contributed by atoms with Gasteiger partial charge in [0.25, 0.3) is 0 Å². The predicted octanol–water partition coefficient (Wildman–Crippen LogP) is 2.68. The Hall–Kier alpha value is -1.61. The van der Waals surface area contributed by atoms with Crippen LogP contribution in [0.3, 0.4) is 0 Å². The summed E-state index contributed by atoms with van der Waals surface area (Å²) < 4.78 is 0. The number of benzene rings is 1. The summed E-state index contributed by atoms with van der Waals surface area (Å²) >= 11 is 0. The zero-order valence-electron chi connectivity index (χ0n) is 12.0. The number of primary amides is 1. The van der Waals surface area contributed by atoms with E-state index in [0.717, 1.165) is 26.1 Å². The molecule has 108 valence electrons. The third kappa shape index (κ3) is 5.17. The van der Waals surface area contributed by atoms with Gasteiger partial charge in [0.05, 0.1) is 0 Å². The summed E-state index contributed by atoms with van der Waals surface area (Å²) in [7, 11) is 0. The van der Waals surface area contributed by atoms with E-state index < -0.39 is 0 Å². The molecule has 0 bridgehead atoms. The largest absolute Gasteiger partial charge is 0.370 e. The molecule has 0 spiro atoms. The topological polar surface area (TPSA) is 46.3 Å². The molecule has 0 aromatic heterocycles. The first-order valence-electron chi connectivity index (χ1n) is 7.46. The molecular formula is C17H24N2O. The summed E-state index contributed by atoms with van der Waals surface area (Å²) in [5.41, 5.74) is 6.45. The first kappa shape index (κ1) is 14.8. The second-order valence-electron chi connectivity index (χ2n) is 5.56. The fourth-order valence-electron chi connectivity index (χ4n) is 2.71. The summed E-state index contributed by atoms with van der Waals surface area (Å²) in [6.07, 6.45) is 8.29. The van der Waals surface area contributed by atoms with Crippen LogP contribution in [0.25, 0.3) is 6.08 Å². The smallest absolute Gasteiger partial charge is 0.217 e. The molecule has 3 heteroatoms. The number of carbonyl (C=O) groups is 1. The Kier molecular flexibility index (Phi) is 5.81. The predicted molar refractivity (Wildman–Crippen MR) is 83.1 cm³/mol. The summed E-state index contributed by atoms with van der Waals surface area (Å²) in [6.45, 7) is 3.27. The van der Waals surface area contributed by atoms with Crippen molar-refractivity contribution >= 4 is 12.0 Å². The van der Waals surface area contributed by atoms with Gasteiger partial charge in [-0.15, -0.1) is 0 Å². The summed E-state index contributed by atoms with van der Waals surface area (Å²) in [5.74, 6) is 0.509. The van der Waals surface area contributed by atoms with E-state index in [1.165, 1.54) is 18.4 Å². The van der Waals surface area contributed by atoms with E-state index in [0.29, 0.717) is 12.3 Å². The minimum atomic E-state index is -0.168. The monoisotopic (exact) mass is 272 g/mol. The Labute approximate surface area is 121 Å². The van der Waals surface area contributed by atoms with Gasteiger partial charge in [0.15, 0.2) is 0 Å². The number of likely N-dealkylation sites (tertiary alicyclic amines) is 1. The first-order chi connectivity index (χ1) is 9.74. The van der Waals surface area contributed by atoms with Crippen LogP contribution in [0.2, 0.25) is 0 Å². The highest BCUT2D eigenvalue weighted by atomic mass is 16.1. The maximum atomic E-state index is 10.8. The average Bonchev–Trinajstić information content (AvgIpc) is 2.47. The lowest BCUT2D eigenvalue weighted by atomic mass is 9.92. The molecular weight excluding hydrogens is 248 g/mol. The molecule has 1 aromatic rings. The van der Waals surface area contributed by atoms with Gasteiger partial charge in [-0.1, -0.05) is 42.5 Å². The third-order valence-corrected chi connectivity index (χ3v) is 3.98. The molecule has 2 rings (SSSR count). The fraction of sp³-hybridized carbons (Fsp3) is 0.471. The van der Waals surface area contributed by atoms with Gasteiger partial charge in [-0.05, 0) is 43.8 Å². The van der Waals surface area contributed by atoms with Crippen molar-refractivity contribution in [2.75, 3.05) is 19.6 Å². The number of carbonyl (C=O) groups excluding carboxylic acids is 1. The molecule has 0 unspecified atom stereocenters. The quantitative estimate of drug-likeness (QED) is 0.865. The van der Waals surface area contributed by atoms with Crippen molar-refractivity contribution in [3.8, 4) is 0 Å². The Morgan fingerprint density at radius 2 is 1.95 bits per heavy atom. The molecule has 1 aromatic carbocycles. The second-order valence-corrected chi connectivity index (χ2v) is 5.56. The molecule has 0 saturated carbocycles. The number of hydrogen-bond donors (Lipinski definition) is 1. The van der Waals surface area contributed by atoms with Gasteiger partial charge in [0.2, 0.25) is 5.91 Å². The standard InChI is InChI=1S/C17H24N2O/c18-17(20)9-8-16-10-13-19(14-11-16)12-4-7-15-5-2-1-3-6-15/h1-7,16H,8-14H2,(H2,18,20)/b7-4+. The normalized spacial score (nSPS) is 17.6. The van der Waals surface area contributed by atoms with Crippen LogP contribution in [0, 0.1) is 5.92 Å². The van der Waals surface area contributed by atoms with Gasteiger partial charge < -0.3 is 5.73 Å². The minimum Gasteiger partial charge on any atom is -0.370 e. The second kappa shape index (κ2) is 7.85. The van der Waals surface area contributed by atoms with Crippen LogP contribution >= 0.6 is 0 Å². The Balaban J connectivity index is 1.67. The van der Waals surface area contributed by atoms with Gasteiger partial charge in [-0.25, -0.2) is 0 Å². The molecule has 0 aliphatic carbocycles. The Morgan fingerprint density at radius 3 is 2.60 bits per heavy atom. The molecule has 1 aliphatic rings. The molecule has 1 heterocycles. The van der Waals surface area contributed by atoms with E-state index >= 15 is 0 Å². The molecule has 1 saturated heterocycles. The maximum Gasteiger partial charge on any atom is 0.217 e. The lowest BCUT2D eigenvalue weighted by Gasteiger charge is -2.31. The van der Waals surface area contributed by atoms with Gasteiger partial charge in [-0.2, -0.15) is 0 Å². The highest BCUT2D eigenvalue weighted by Crippen LogP contribution is 2.21. The van der Waals surface area contributed by atoms with Crippen molar-refractivity contribution in [2.24, 2.45) is 11.7 Å². The highest BCUT2D eigenvalue weighted by molar-refractivity contribution is 5.73. The molecule has 20 heavy (non-hydrogen) atoms. The number of hydrogen-bond acceptors (Lipinski definition) is 2. The number of rotatable bonds is 6. The number of nitrogens with zero attached hydrogens (tertiary/aromatic N) is 1. The maximum absolute atomic E-state index is 10.8. The van der Waals surface area contributed by atoms with Crippen molar-refractivity contribution in [3.63, 3.8) is 0 Å². The van der Waals surface area contributed by atoms with Crippen LogP contribution in [0.4, 0.5) is 0 Å². The SMILES string of the molecule is NC(=O)CCC1CCN(C/C=C/c2ccccc2)CC1. The molecule has 1 fully saturated rings. The van der Waals surface area contributed by atoms with Crippen LogP contribution in [0.15, 0.2) is 36.4 Å². The van der Waals surface area contributed by atoms with E-state index in [4.69, 9.17) is 5.73 Å². The number of amides is 1. The highest BCUT2D eigenvalue weighted by Gasteiger charge is 2.18. The van der Waals surface area contributed by atoms with Crippen LogP contribution in [-0.4, -0.2) is 30.4 Å². The Morgan fingerprint density at radius 1 is 1.25 bits per heavy atom. The summed E-state index contributed by atoms with van der Waals surface area (Å²) in [6, 6.07) is 10.4.